The van der Waals surface area contributed by atoms with Crippen LogP contribution in [-0.4, -0.2) is 19.3 Å². The number of rotatable bonds is 4. The zero-order chi connectivity index (χ0) is 16.4. The van der Waals surface area contributed by atoms with Gasteiger partial charge in [-0.25, -0.2) is 8.78 Å². The average molecular weight is 315 g/mol. The summed E-state index contributed by atoms with van der Waals surface area (Å²) in [6, 6.07) is 3.71. The average Bonchev–Trinajstić information content (AvgIpc) is 2.57. The number of halogens is 2. The molecule has 3 nitrogen and oxygen atoms in total. The van der Waals surface area contributed by atoms with Crippen LogP contribution in [0.2, 0.25) is 0 Å². The number of hydrogen-bond acceptors (Lipinski definition) is 3. The Morgan fingerprint density at radius 3 is 2.83 bits per heavy atom. The first-order valence-electron chi connectivity index (χ1n) is 7.59. The molecule has 0 aromatic heterocycles. The van der Waals surface area contributed by atoms with Crippen LogP contribution in [0.1, 0.15) is 12.8 Å². The van der Waals surface area contributed by atoms with Crippen LogP contribution < -0.4 is 10.6 Å². The Morgan fingerprint density at radius 2 is 2.13 bits per heavy atom. The van der Waals surface area contributed by atoms with Gasteiger partial charge in [0.15, 0.2) is 11.6 Å². The highest BCUT2D eigenvalue weighted by Crippen LogP contribution is 2.43. The van der Waals surface area contributed by atoms with E-state index in [2.05, 4.69) is 17.2 Å². The molecule has 1 aliphatic carbocycles. The van der Waals surface area contributed by atoms with Gasteiger partial charge >= 0.3 is 0 Å². The van der Waals surface area contributed by atoms with Gasteiger partial charge in [-0.3, -0.25) is 0 Å². The maximum atomic E-state index is 13.4. The predicted molar refractivity (Wildman–Crippen MR) is 88.6 cm³/mol. The SMILES string of the molecule is C=CC12CNCCC1=CC(Nc1ccc(F)c(F)c1)=C(C=N)C2. The smallest absolute Gasteiger partial charge is 0.160 e. The first-order chi connectivity index (χ1) is 11.1. The molecule has 0 radical (unpaired) electrons. The third-order valence-electron chi connectivity index (χ3n) is 4.59. The molecule has 1 atom stereocenters. The van der Waals surface area contributed by atoms with Gasteiger partial charge in [0.1, 0.15) is 0 Å². The van der Waals surface area contributed by atoms with E-state index in [1.165, 1.54) is 17.9 Å². The minimum absolute atomic E-state index is 0.162. The summed E-state index contributed by atoms with van der Waals surface area (Å²) in [5, 5.41) is 14.2. The van der Waals surface area contributed by atoms with Gasteiger partial charge < -0.3 is 16.0 Å². The lowest BCUT2D eigenvalue weighted by Gasteiger charge is -2.41. The Hall–Kier alpha value is -2.27. The molecule has 1 aromatic rings. The molecule has 5 heteroatoms. The maximum absolute atomic E-state index is 13.4. The van der Waals surface area contributed by atoms with Crippen LogP contribution in [0.3, 0.4) is 0 Å². The molecule has 23 heavy (non-hydrogen) atoms. The van der Waals surface area contributed by atoms with E-state index in [1.54, 1.807) is 0 Å². The van der Waals surface area contributed by atoms with E-state index in [1.807, 2.05) is 12.2 Å². The number of piperidine rings is 1. The van der Waals surface area contributed by atoms with Gasteiger partial charge in [-0.15, -0.1) is 6.58 Å². The molecule has 1 saturated heterocycles. The lowest BCUT2D eigenvalue weighted by Crippen LogP contribution is -2.42. The largest absolute Gasteiger partial charge is 0.355 e. The number of allylic oxidation sites excluding steroid dienone is 2. The van der Waals surface area contributed by atoms with Crippen molar-refractivity contribution in [3.05, 3.63) is 65.4 Å². The quantitative estimate of drug-likeness (QED) is 0.585. The zero-order valence-corrected chi connectivity index (χ0v) is 12.8. The summed E-state index contributed by atoms with van der Waals surface area (Å²) in [4.78, 5) is 0. The van der Waals surface area contributed by atoms with E-state index in [9.17, 15) is 8.78 Å². The third-order valence-corrected chi connectivity index (χ3v) is 4.59. The van der Waals surface area contributed by atoms with Crippen molar-refractivity contribution < 1.29 is 8.78 Å². The molecular formula is C18H19F2N3. The van der Waals surface area contributed by atoms with E-state index in [0.29, 0.717) is 12.1 Å². The topological polar surface area (TPSA) is 47.9 Å². The first kappa shape index (κ1) is 15.6. The summed E-state index contributed by atoms with van der Waals surface area (Å²) in [5.74, 6) is -1.76. The number of benzene rings is 1. The molecule has 1 aliphatic heterocycles. The number of hydrogen-bond donors (Lipinski definition) is 3. The normalized spacial score (nSPS) is 23.8. The molecule has 3 N–H and O–H groups in total. The van der Waals surface area contributed by atoms with Crippen molar-refractivity contribution in [1.82, 2.24) is 5.32 Å². The number of anilines is 1. The predicted octanol–water partition coefficient (Wildman–Crippen LogP) is 3.78. The van der Waals surface area contributed by atoms with Gasteiger partial charge in [-0.05, 0) is 43.2 Å². The first-order valence-corrected chi connectivity index (χ1v) is 7.59. The molecule has 1 fully saturated rings. The molecule has 1 aromatic carbocycles. The Balaban J connectivity index is 1.95. The van der Waals surface area contributed by atoms with Crippen molar-refractivity contribution in [3.8, 4) is 0 Å². The Morgan fingerprint density at radius 1 is 1.30 bits per heavy atom. The molecule has 1 heterocycles. The highest BCUT2D eigenvalue weighted by molar-refractivity contribution is 5.81. The van der Waals surface area contributed by atoms with Crippen molar-refractivity contribution in [3.63, 3.8) is 0 Å². The number of fused-ring (bicyclic) bond motifs is 1. The van der Waals surface area contributed by atoms with Gasteiger partial charge in [0, 0.05) is 35.6 Å². The van der Waals surface area contributed by atoms with Crippen molar-refractivity contribution >= 4 is 11.9 Å². The second-order valence-electron chi connectivity index (χ2n) is 5.97. The molecule has 120 valence electrons. The third kappa shape index (κ3) is 2.84. The van der Waals surface area contributed by atoms with Crippen molar-refractivity contribution in [2.75, 3.05) is 18.4 Å². The molecule has 2 aliphatic rings. The van der Waals surface area contributed by atoms with Crippen LogP contribution in [0, 0.1) is 22.5 Å². The van der Waals surface area contributed by atoms with E-state index >= 15 is 0 Å². The molecule has 0 spiro atoms. The second-order valence-corrected chi connectivity index (χ2v) is 5.97. The number of nitrogens with one attached hydrogen (secondary N) is 3. The van der Waals surface area contributed by atoms with Gasteiger partial charge in [0.25, 0.3) is 0 Å². The lowest BCUT2D eigenvalue weighted by atomic mass is 9.69. The fourth-order valence-corrected chi connectivity index (χ4v) is 3.24. The minimum Gasteiger partial charge on any atom is -0.355 e. The fraction of sp³-hybridized carbons (Fsp3) is 0.278. The molecule has 0 bridgehead atoms. The van der Waals surface area contributed by atoms with Crippen LogP contribution in [-0.2, 0) is 0 Å². The Bertz CT molecular complexity index is 721. The maximum Gasteiger partial charge on any atom is 0.160 e. The highest BCUT2D eigenvalue weighted by Gasteiger charge is 2.37. The van der Waals surface area contributed by atoms with Crippen LogP contribution >= 0.6 is 0 Å². The second kappa shape index (κ2) is 6.08. The van der Waals surface area contributed by atoms with Gasteiger partial charge in [-0.1, -0.05) is 11.6 Å². The summed E-state index contributed by atoms with van der Waals surface area (Å²) in [7, 11) is 0. The van der Waals surface area contributed by atoms with Crippen LogP contribution in [0.4, 0.5) is 14.5 Å². The van der Waals surface area contributed by atoms with Gasteiger partial charge in [0.05, 0.1) is 0 Å². The highest BCUT2D eigenvalue weighted by atomic mass is 19.2. The summed E-state index contributed by atoms with van der Waals surface area (Å²) in [6.45, 7) is 5.67. The van der Waals surface area contributed by atoms with Crippen LogP contribution in [0.25, 0.3) is 0 Å². The van der Waals surface area contributed by atoms with Crippen molar-refractivity contribution in [1.29, 1.82) is 5.41 Å². The molecule has 3 rings (SSSR count). The fourth-order valence-electron chi connectivity index (χ4n) is 3.24. The van der Waals surface area contributed by atoms with E-state index < -0.39 is 11.6 Å². The standard InChI is InChI=1S/C18H19F2N3/c1-2-18-9-12(10-21)17(7-13(18)5-6-22-11-18)23-14-3-4-15(19)16(20)8-14/h2-4,7-8,10,21-23H,1,5-6,9,11H2. The van der Waals surface area contributed by atoms with E-state index in [4.69, 9.17) is 5.41 Å². The molecule has 0 saturated carbocycles. The van der Waals surface area contributed by atoms with E-state index in [-0.39, 0.29) is 5.41 Å². The van der Waals surface area contributed by atoms with Crippen LogP contribution in [0.15, 0.2) is 53.8 Å². The molecule has 1 unspecified atom stereocenters. The van der Waals surface area contributed by atoms with Crippen molar-refractivity contribution in [2.45, 2.75) is 12.8 Å². The Kier molecular flexibility index (Phi) is 4.13. The summed E-state index contributed by atoms with van der Waals surface area (Å²) >= 11 is 0. The lowest BCUT2D eigenvalue weighted by molar-refractivity contribution is 0.365. The monoisotopic (exact) mass is 315 g/mol. The Labute approximate surface area is 134 Å². The summed E-state index contributed by atoms with van der Waals surface area (Å²) in [5.41, 5.74) is 3.14. The van der Waals surface area contributed by atoms with Gasteiger partial charge in [-0.2, -0.15) is 0 Å². The zero-order valence-electron chi connectivity index (χ0n) is 12.8. The van der Waals surface area contributed by atoms with Gasteiger partial charge in [0.2, 0.25) is 0 Å². The minimum atomic E-state index is -0.891. The van der Waals surface area contributed by atoms with E-state index in [0.717, 1.165) is 42.9 Å². The van der Waals surface area contributed by atoms with Crippen molar-refractivity contribution in [2.24, 2.45) is 5.41 Å². The van der Waals surface area contributed by atoms with Crippen LogP contribution in [0.5, 0.6) is 0 Å². The summed E-state index contributed by atoms with van der Waals surface area (Å²) in [6.07, 6.45) is 6.86. The molecular weight excluding hydrogens is 296 g/mol. The summed E-state index contributed by atoms with van der Waals surface area (Å²) < 4.78 is 26.4. The molecule has 0 amide bonds.